The Kier molecular flexibility index (Phi) is 5.18. The summed E-state index contributed by atoms with van der Waals surface area (Å²) in [5.74, 6) is 0.852. The van der Waals surface area contributed by atoms with Gasteiger partial charge in [-0.15, -0.1) is 0 Å². The third-order valence-electron chi connectivity index (χ3n) is 3.91. The Labute approximate surface area is 121 Å². The largest absolute Gasteiger partial charge is 0.496 e. The lowest BCUT2D eigenvalue weighted by Crippen LogP contribution is -2.20. The highest BCUT2D eigenvalue weighted by Gasteiger charge is 2.19. The van der Waals surface area contributed by atoms with Crippen LogP contribution < -0.4 is 4.74 Å². The molecular formula is C17H24O3. The summed E-state index contributed by atoms with van der Waals surface area (Å²) in [5.41, 5.74) is 2.84. The minimum atomic E-state index is 0.161. The van der Waals surface area contributed by atoms with E-state index in [9.17, 15) is 4.79 Å². The highest BCUT2D eigenvalue weighted by atomic mass is 16.5. The number of Topliss-reactive ketones (excluding diaryl/α,β-unsaturated/α-hetero) is 1. The molecule has 2 rings (SSSR count). The van der Waals surface area contributed by atoms with Gasteiger partial charge in [0.25, 0.3) is 0 Å². The number of benzene rings is 1. The topological polar surface area (TPSA) is 35.5 Å². The van der Waals surface area contributed by atoms with Gasteiger partial charge in [-0.25, -0.2) is 0 Å². The number of carbonyl (C=O) groups is 1. The van der Waals surface area contributed by atoms with E-state index < -0.39 is 0 Å². The predicted octanol–water partition coefficient (Wildman–Crippen LogP) is 3.84. The molecule has 1 aliphatic rings. The first-order valence-electron chi connectivity index (χ1n) is 7.42. The molecule has 0 aliphatic carbocycles. The first kappa shape index (κ1) is 15.0. The summed E-state index contributed by atoms with van der Waals surface area (Å²) >= 11 is 0. The number of ketones is 1. The summed E-state index contributed by atoms with van der Waals surface area (Å²) in [6, 6.07) is 3.96. The normalized spacial score (nSPS) is 18.9. The molecule has 1 fully saturated rings. The molecule has 0 saturated carbocycles. The summed E-state index contributed by atoms with van der Waals surface area (Å²) in [5, 5.41) is 0. The van der Waals surface area contributed by atoms with Crippen LogP contribution in [0.3, 0.4) is 0 Å². The van der Waals surface area contributed by atoms with Crippen molar-refractivity contribution in [2.45, 2.75) is 52.1 Å². The summed E-state index contributed by atoms with van der Waals surface area (Å²) in [6.45, 7) is 4.82. The predicted molar refractivity (Wildman–Crippen MR) is 79.6 cm³/mol. The Hall–Kier alpha value is -1.35. The monoisotopic (exact) mass is 276 g/mol. The minimum Gasteiger partial charge on any atom is -0.496 e. The van der Waals surface area contributed by atoms with Gasteiger partial charge in [0, 0.05) is 13.0 Å². The number of methoxy groups -OCH3 is 1. The minimum absolute atomic E-state index is 0.161. The molecule has 0 spiro atoms. The molecule has 1 saturated heterocycles. The number of hydrogen-bond acceptors (Lipinski definition) is 3. The van der Waals surface area contributed by atoms with Crippen LogP contribution in [-0.4, -0.2) is 25.6 Å². The standard InChI is InChI=1S/C17H24O3/c1-12-10-13(2)17(16(11-12)19-3)15(18)8-7-14-6-4-5-9-20-14/h10-11,14H,4-9H2,1-3H3. The number of rotatable bonds is 5. The Morgan fingerprint density at radius 2 is 2.15 bits per heavy atom. The Morgan fingerprint density at radius 3 is 2.80 bits per heavy atom. The first-order valence-corrected chi connectivity index (χ1v) is 7.42. The van der Waals surface area contributed by atoms with E-state index in [4.69, 9.17) is 9.47 Å². The molecule has 20 heavy (non-hydrogen) atoms. The number of carbonyl (C=O) groups excluding carboxylic acids is 1. The molecule has 0 radical (unpaired) electrons. The molecule has 1 aromatic carbocycles. The molecule has 1 unspecified atom stereocenters. The van der Waals surface area contributed by atoms with Crippen LogP contribution in [0, 0.1) is 13.8 Å². The van der Waals surface area contributed by atoms with Crippen LogP contribution in [0.4, 0.5) is 0 Å². The molecule has 1 aliphatic heterocycles. The molecule has 1 heterocycles. The maximum Gasteiger partial charge on any atom is 0.166 e. The van der Waals surface area contributed by atoms with E-state index in [1.54, 1.807) is 7.11 Å². The smallest absolute Gasteiger partial charge is 0.166 e. The second kappa shape index (κ2) is 6.89. The molecule has 3 nitrogen and oxygen atoms in total. The summed E-state index contributed by atoms with van der Waals surface area (Å²) in [4.78, 5) is 12.5. The summed E-state index contributed by atoms with van der Waals surface area (Å²) in [7, 11) is 1.62. The Bertz CT molecular complexity index is 473. The van der Waals surface area contributed by atoms with Crippen LogP contribution in [0.2, 0.25) is 0 Å². The lowest BCUT2D eigenvalue weighted by Gasteiger charge is -2.22. The summed E-state index contributed by atoms with van der Waals surface area (Å²) in [6.07, 6.45) is 5.04. The fourth-order valence-electron chi connectivity index (χ4n) is 2.90. The number of ether oxygens (including phenoxy) is 2. The maximum atomic E-state index is 12.5. The third-order valence-corrected chi connectivity index (χ3v) is 3.91. The van der Waals surface area contributed by atoms with Crippen LogP contribution in [-0.2, 0) is 4.74 Å². The average Bonchev–Trinajstić information content (AvgIpc) is 2.45. The average molecular weight is 276 g/mol. The Balaban J connectivity index is 2.04. The van der Waals surface area contributed by atoms with Crippen molar-refractivity contribution in [2.24, 2.45) is 0 Å². The van der Waals surface area contributed by atoms with Crippen molar-refractivity contribution >= 4 is 5.78 Å². The SMILES string of the molecule is COc1cc(C)cc(C)c1C(=O)CCC1CCCCO1. The zero-order chi connectivity index (χ0) is 14.5. The van der Waals surface area contributed by atoms with Gasteiger partial charge in [-0.05, 0) is 56.7 Å². The molecule has 0 bridgehead atoms. The van der Waals surface area contributed by atoms with E-state index in [0.717, 1.165) is 42.6 Å². The van der Waals surface area contributed by atoms with E-state index >= 15 is 0 Å². The van der Waals surface area contributed by atoms with Crippen molar-refractivity contribution in [3.8, 4) is 5.75 Å². The van der Waals surface area contributed by atoms with Crippen molar-refractivity contribution in [2.75, 3.05) is 13.7 Å². The van der Waals surface area contributed by atoms with Crippen LogP contribution >= 0.6 is 0 Å². The second-order valence-electron chi connectivity index (χ2n) is 5.61. The molecule has 0 N–H and O–H groups in total. The van der Waals surface area contributed by atoms with Gasteiger partial charge in [-0.2, -0.15) is 0 Å². The summed E-state index contributed by atoms with van der Waals surface area (Å²) < 4.78 is 11.1. The molecule has 0 aromatic heterocycles. The van der Waals surface area contributed by atoms with Crippen molar-refractivity contribution in [3.63, 3.8) is 0 Å². The second-order valence-corrected chi connectivity index (χ2v) is 5.61. The van der Waals surface area contributed by atoms with Crippen LogP contribution in [0.25, 0.3) is 0 Å². The van der Waals surface area contributed by atoms with Gasteiger partial charge in [-0.1, -0.05) is 6.07 Å². The van der Waals surface area contributed by atoms with E-state index in [2.05, 4.69) is 0 Å². The van der Waals surface area contributed by atoms with Gasteiger partial charge in [0.15, 0.2) is 5.78 Å². The van der Waals surface area contributed by atoms with Crippen molar-refractivity contribution in [1.29, 1.82) is 0 Å². The molecule has 3 heteroatoms. The van der Waals surface area contributed by atoms with E-state index in [1.165, 1.54) is 6.42 Å². The third kappa shape index (κ3) is 3.60. The molecular weight excluding hydrogens is 252 g/mol. The molecule has 0 amide bonds. The van der Waals surface area contributed by atoms with Crippen molar-refractivity contribution < 1.29 is 14.3 Å². The van der Waals surface area contributed by atoms with E-state index in [-0.39, 0.29) is 11.9 Å². The van der Waals surface area contributed by atoms with E-state index in [0.29, 0.717) is 12.2 Å². The zero-order valence-corrected chi connectivity index (χ0v) is 12.7. The quantitative estimate of drug-likeness (QED) is 0.766. The van der Waals surface area contributed by atoms with Gasteiger partial charge in [0.1, 0.15) is 5.75 Å². The molecule has 1 aromatic rings. The van der Waals surface area contributed by atoms with Crippen LogP contribution in [0.15, 0.2) is 12.1 Å². The van der Waals surface area contributed by atoms with Gasteiger partial charge < -0.3 is 9.47 Å². The van der Waals surface area contributed by atoms with Crippen molar-refractivity contribution in [3.05, 3.63) is 28.8 Å². The maximum absolute atomic E-state index is 12.5. The number of aryl methyl sites for hydroxylation is 2. The van der Waals surface area contributed by atoms with Gasteiger partial charge in [0.2, 0.25) is 0 Å². The van der Waals surface area contributed by atoms with Crippen LogP contribution in [0.5, 0.6) is 5.75 Å². The van der Waals surface area contributed by atoms with Gasteiger partial charge in [0.05, 0.1) is 18.8 Å². The molecule has 110 valence electrons. The fourth-order valence-corrected chi connectivity index (χ4v) is 2.90. The first-order chi connectivity index (χ1) is 9.61. The highest BCUT2D eigenvalue weighted by molar-refractivity contribution is 6.00. The lowest BCUT2D eigenvalue weighted by atomic mass is 9.96. The highest BCUT2D eigenvalue weighted by Crippen LogP contribution is 2.27. The lowest BCUT2D eigenvalue weighted by molar-refractivity contribution is 0.0104. The number of hydrogen-bond donors (Lipinski definition) is 0. The van der Waals surface area contributed by atoms with Crippen molar-refractivity contribution in [1.82, 2.24) is 0 Å². The Morgan fingerprint density at radius 1 is 1.35 bits per heavy atom. The fraction of sp³-hybridized carbons (Fsp3) is 0.588. The van der Waals surface area contributed by atoms with Crippen LogP contribution in [0.1, 0.15) is 53.6 Å². The van der Waals surface area contributed by atoms with Gasteiger partial charge in [-0.3, -0.25) is 4.79 Å². The van der Waals surface area contributed by atoms with E-state index in [1.807, 2.05) is 26.0 Å². The zero-order valence-electron chi connectivity index (χ0n) is 12.7. The molecule has 1 atom stereocenters. The van der Waals surface area contributed by atoms with Gasteiger partial charge >= 0.3 is 0 Å².